The van der Waals surface area contributed by atoms with Gasteiger partial charge in [0, 0.05) is 18.6 Å². The minimum absolute atomic E-state index is 0.163. The molecular formula is C29H45N7O. The Labute approximate surface area is 222 Å². The Morgan fingerprint density at radius 3 is 1.97 bits per heavy atom. The molecule has 37 heavy (non-hydrogen) atoms. The number of rotatable bonds is 14. The number of hydrogen-bond acceptors (Lipinski definition) is 8. The van der Waals surface area contributed by atoms with E-state index in [1.165, 1.54) is 44.1 Å². The maximum Gasteiger partial charge on any atom is 0.229 e. The Morgan fingerprint density at radius 1 is 0.838 bits per heavy atom. The number of methoxy groups -OCH3 is 1. The quantitative estimate of drug-likeness (QED) is 0.306. The lowest BCUT2D eigenvalue weighted by molar-refractivity contribution is 0.0103. The third-order valence-electron chi connectivity index (χ3n) is 8.74. The normalized spacial score (nSPS) is 25.9. The molecule has 0 radical (unpaired) electrons. The SMILES string of the molecule is CCN(CC)CCCNc1nc(NCCc2ccc(OC)cc2)nc(NC23CC4CC(CC(C4)C2)C3)n1. The molecule has 1 heterocycles. The Bertz CT molecular complexity index is 973. The molecule has 8 nitrogen and oxygen atoms in total. The van der Waals surface area contributed by atoms with Gasteiger partial charge in [-0.05, 0) is 106 Å². The summed E-state index contributed by atoms with van der Waals surface area (Å²) in [5.74, 6) is 5.53. The molecule has 4 fully saturated rings. The van der Waals surface area contributed by atoms with Crippen molar-refractivity contribution in [3.63, 3.8) is 0 Å². The number of nitrogens with one attached hydrogen (secondary N) is 3. The van der Waals surface area contributed by atoms with Gasteiger partial charge in [0.1, 0.15) is 5.75 Å². The molecule has 0 saturated heterocycles. The predicted octanol–water partition coefficient (Wildman–Crippen LogP) is 5.06. The van der Waals surface area contributed by atoms with Crippen LogP contribution < -0.4 is 20.7 Å². The van der Waals surface area contributed by atoms with Crippen molar-refractivity contribution in [2.75, 3.05) is 55.8 Å². The number of hydrogen-bond donors (Lipinski definition) is 3. The standard InChI is InChI=1S/C29H45N7O/c1-4-36(5-2)14-6-12-30-26-32-27(31-13-11-21-7-9-25(37-3)10-8-21)34-28(33-26)35-29-18-22-15-23(19-29)17-24(16-22)20-29/h7-10,22-24H,4-6,11-20H2,1-3H3,(H3,30,31,32,33,34,35). The molecule has 0 atom stereocenters. The average Bonchev–Trinajstić information content (AvgIpc) is 2.88. The van der Waals surface area contributed by atoms with E-state index < -0.39 is 0 Å². The molecule has 6 rings (SSSR count). The van der Waals surface area contributed by atoms with E-state index in [9.17, 15) is 0 Å². The Balaban J connectivity index is 1.25. The first-order chi connectivity index (χ1) is 18.1. The first kappa shape index (κ1) is 26.0. The number of ether oxygens (including phenoxy) is 1. The summed E-state index contributed by atoms with van der Waals surface area (Å²) < 4.78 is 5.28. The van der Waals surface area contributed by atoms with Crippen LogP contribution in [-0.4, -0.2) is 65.2 Å². The molecule has 0 unspecified atom stereocenters. The summed E-state index contributed by atoms with van der Waals surface area (Å²) in [5.41, 5.74) is 1.42. The van der Waals surface area contributed by atoms with Crippen molar-refractivity contribution in [3.05, 3.63) is 29.8 Å². The minimum atomic E-state index is 0.163. The van der Waals surface area contributed by atoms with E-state index >= 15 is 0 Å². The van der Waals surface area contributed by atoms with Gasteiger partial charge in [-0.3, -0.25) is 0 Å². The van der Waals surface area contributed by atoms with Gasteiger partial charge in [-0.15, -0.1) is 0 Å². The molecule has 8 heteroatoms. The van der Waals surface area contributed by atoms with Gasteiger partial charge in [0.05, 0.1) is 7.11 Å². The summed E-state index contributed by atoms with van der Waals surface area (Å²) in [6.45, 7) is 9.30. The summed E-state index contributed by atoms with van der Waals surface area (Å²) in [6, 6.07) is 8.23. The molecule has 4 aliphatic rings. The third-order valence-corrected chi connectivity index (χ3v) is 8.74. The van der Waals surface area contributed by atoms with Gasteiger partial charge < -0.3 is 25.6 Å². The smallest absolute Gasteiger partial charge is 0.229 e. The molecule has 4 saturated carbocycles. The summed E-state index contributed by atoms with van der Waals surface area (Å²) in [5, 5.41) is 10.8. The van der Waals surface area contributed by atoms with Crippen LogP contribution in [0.2, 0.25) is 0 Å². The maximum absolute atomic E-state index is 5.28. The van der Waals surface area contributed by atoms with Crippen LogP contribution in [0.4, 0.5) is 17.8 Å². The topological polar surface area (TPSA) is 87.2 Å². The third kappa shape index (κ3) is 6.64. The molecular weight excluding hydrogens is 462 g/mol. The zero-order chi connectivity index (χ0) is 25.7. The van der Waals surface area contributed by atoms with Gasteiger partial charge in [0.2, 0.25) is 17.8 Å². The van der Waals surface area contributed by atoms with E-state index in [-0.39, 0.29) is 5.54 Å². The number of benzene rings is 1. The number of anilines is 3. The van der Waals surface area contributed by atoms with E-state index in [1.54, 1.807) is 7.11 Å². The largest absolute Gasteiger partial charge is 0.497 e. The van der Waals surface area contributed by atoms with Crippen LogP contribution in [0.15, 0.2) is 24.3 Å². The van der Waals surface area contributed by atoms with Gasteiger partial charge >= 0.3 is 0 Å². The monoisotopic (exact) mass is 507 g/mol. The molecule has 0 aliphatic heterocycles. The Kier molecular flexibility index (Phi) is 8.33. The molecule has 4 aliphatic carbocycles. The highest BCUT2D eigenvalue weighted by atomic mass is 16.5. The van der Waals surface area contributed by atoms with Crippen LogP contribution in [0.5, 0.6) is 5.75 Å². The van der Waals surface area contributed by atoms with E-state index in [0.717, 1.165) is 75.0 Å². The predicted molar refractivity (Wildman–Crippen MR) is 150 cm³/mol. The van der Waals surface area contributed by atoms with Crippen molar-refractivity contribution >= 4 is 17.8 Å². The van der Waals surface area contributed by atoms with Gasteiger partial charge in [-0.25, -0.2) is 0 Å². The molecule has 1 aromatic heterocycles. The van der Waals surface area contributed by atoms with Crippen LogP contribution in [0, 0.1) is 17.8 Å². The Morgan fingerprint density at radius 2 is 1.41 bits per heavy atom. The van der Waals surface area contributed by atoms with E-state index in [0.29, 0.717) is 11.9 Å². The average molecular weight is 508 g/mol. The van der Waals surface area contributed by atoms with Crippen LogP contribution in [-0.2, 0) is 6.42 Å². The summed E-state index contributed by atoms with van der Waals surface area (Å²) in [7, 11) is 1.70. The molecule has 0 spiro atoms. The fourth-order valence-electron chi connectivity index (χ4n) is 7.24. The van der Waals surface area contributed by atoms with Crippen molar-refractivity contribution in [2.45, 2.75) is 70.8 Å². The summed E-state index contributed by atoms with van der Waals surface area (Å²) in [6.07, 6.45) is 10.0. The molecule has 3 N–H and O–H groups in total. The number of nitrogens with zero attached hydrogens (tertiary/aromatic N) is 4. The summed E-state index contributed by atoms with van der Waals surface area (Å²) >= 11 is 0. The van der Waals surface area contributed by atoms with Crippen molar-refractivity contribution in [3.8, 4) is 5.75 Å². The maximum atomic E-state index is 5.28. The minimum Gasteiger partial charge on any atom is -0.497 e. The second kappa shape index (κ2) is 11.8. The van der Waals surface area contributed by atoms with Gasteiger partial charge in [-0.2, -0.15) is 15.0 Å². The molecule has 202 valence electrons. The zero-order valence-corrected chi connectivity index (χ0v) is 22.9. The number of aromatic nitrogens is 3. The first-order valence-electron chi connectivity index (χ1n) is 14.4. The zero-order valence-electron chi connectivity index (χ0n) is 22.9. The van der Waals surface area contributed by atoms with Crippen LogP contribution >= 0.6 is 0 Å². The van der Waals surface area contributed by atoms with Gasteiger partial charge in [0.25, 0.3) is 0 Å². The highest BCUT2D eigenvalue weighted by molar-refractivity contribution is 5.44. The van der Waals surface area contributed by atoms with Crippen LogP contribution in [0.3, 0.4) is 0 Å². The molecule has 0 amide bonds. The highest BCUT2D eigenvalue weighted by Gasteiger charge is 2.51. The van der Waals surface area contributed by atoms with E-state index in [1.807, 2.05) is 12.1 Å². The van der Waals surface area contributed by atoms with Gasteiger partial charge in [-0.1, -0.05) is 26.0 Å². The Hall–Kier alpha value is -2.61. The highest BCUT2D eigenvalue weighted by Crippen LogP contribution is 2.56. The second-order valence-electron chi connectivity index (χ2n) is 11.5. The molecule has 1 aromatic carbocycles. The van der Waals surface area contributed by atoms with E-state index in [4.69, 9.17) is 19.7 Å². The lowest BCUT2D eigenvalue weighted by Crippen LogP contribution is -2.55. The first-order valence-corrected chi connectivity index (χ1v) is 14.4. The van der Waals surface area contributed by atoms with Crippen molar-refractivity contribution in [1.29, 1.82) is 0 Å². The van der Waals surface area contributed by atoms with Crippen LogP contribution in [0.1, 0.15) is 64.4 Å². The van der Waals surface area contributed by atoms with Gasteiger partial charge in [0.15, 0.2) is 0 Å². The van der Waals surface area contributed by atoms with Crippen molar-refractivity contribution in [2.24, 2.45) is 17.8 Å². The fraction of sp³-hybridized carbons (Fsp3) is 0.690. The lowest BCUT2D eigenvalue weighted by Gasteiger charge is -2.56. The fourth-order valence-corrected chi connectivity index (χ4v) is 7.24. The molecule has 2 aromatic rings. The molecule has 4 bridgehead atoms. The van der Waals surface area contributed by atoms with E-state index in [2.05, 4.69) is 46.8 Å². The van der Waals surface area contributed by atoms with Crippen molar-refractivity contribution < 1.29 is 4.74 Å². The second-order valence-corrected chi connectivity index (χ2v) is 11.5. The summed E-state index contributed by atoms with van der Waals surface area (Å²) in [4.78, 5) is 16.8. The van der Waals surface area contributed by atoms with Crippen LogP contribution in [0.25, 0.3) is 0 Å². The lowest BCUT2D eigenvalue weighted by atomic mass is 9.53. The van der Waals surface area contributed by atoms with Crippen molar-refractivity contribution in [1.82, 2.24) is 19.9 Å².